The van der Waals surface area contributed by atoms with Crippen molar-refractivity contribution in [2.75, 3.05) is 0 Å². The second-order valence-corrected chi connectivity index (χ2v) is 20.7. The highest BCUT2D eigenvalue weighted by Crippen LogP contribution is 2.43. The molecular formula is C51H37N3SSi. The van der Waals surface area contributed by atoms with Gasteiger partial charge in [-0.15, -0.1) is 11.3 Å². The molecule has 0 radical (unpaired) electrons. The molecule has 1 aliphatic heterocycles. The average molecular weight is 752 g/mol. The van der Waals surface area contributed by atoms with E-state index in [1.807, 2.05) is 0 Å². The zero-order valence-corrected chi connectivity index (χ0v) is 33.3. The molecular weight excluding hydrogens is 715 g/mol. The lowest BCUT2D eigenvalue weighted by Gasteiger charge is -2.22. The summed E-state index contributed by atoms with van der Waals surface area (Å²) in [6.07, 6.45) is 6.52. The molecule has 0 fully saturated rings. The fraction of sp³-hybridized carbons (Fsp3) is 0.0588. The van der Waals surface area contributed by atoms with Gasteiger partial charge in [0.05, 0.1) is 16.7 Å². The first-order valence-corrected chi connectivity index (χ1v) is 23.0. The van der Waals surface area contributed by atoms with Gasteiger partial charge in [0.1, 0.15) is 12.9 Å². The molecule has 10 aromatic rings. The van der Waals surface area contributed by atoms with E-state index < -0.39 is 8.07 Å². The van der Waals surface area contributed by atoms with Gasteiger partial charge in [-0.3, -0.25) is 4.57 Å². The number of hydrogen-bond donors (Lipinski definition) is 0. The van der Waals surface area contributed by atoms with Gasteiger partial charge in [-0.2, -0.15) is 0 Å². The Bertz CT molecular complexity index is 3350. The summed E-state index contributed by atoms with van der Waals surface area (Å²) in [6.45, 7) is 11.3. The first-order chi connectivity index (χ1) is 27.4. The first kappa shape index (κ1) is 33.0. The molecule has 0 N–H and O–H groups in total. The van der Waals surface area contributed by atoms with Gasteiger partial charge in [-0.05, 0) is 85.4 Å². The maximum Gasteiger partial charge on any atom is 0.236 e. The Hall–Kier alpha value is -6.40. The molecule has 56 heavy (non-hydrogen) atoms. The Morgan fingerprint density at radius 3 is 2.18 bits per heavy atom. The molecule has 3 aromatic heterocycles. The minimum atomic E-state index is -2.06. The molecule has 0 saturated heterocycles. The third-order valence-corrected chi connectivity index (χ3v) is 16.6. The van der Waals surface area contributed by atoms with Crippen molar-refractivity contribution in [3.05, 3.63) is 175 Å². The Kier molecular flexibility index (Phi) is 7.25. The summed E-state index contributed by atoms with van der Waals surface area (Å²) < 4.78 is 3.51. The van der Waals surface area contributed by atoms with Crippen molar-refractivity contribution >= 4 is 93.8 Å². The number of aromatic nitrogens is 3. The second-order valence-electron chi connectivity index (χ2n) is 15.3. The fourth-order valence-corrected chi connectivity index (χ4v) is 14.0. The van der Waals surface area contributed by atoms with Crippen molar-refractivity contribution in [1.29, 1.82) is 0 Å². The van der Waals surface area contributed by atoms with Crippen LogP contribution in [0.25, 0.3) is 97.6 Å². The van der Waals surface area contributed by atoms with Crippen LogP contribution in [0.2, 0.25) is 13.1 Å². The molecule has 0 amide bonds. The molecule has 11 rings (SSSR count). The van der Waals surface area contributed by atoms with E-state index in [1.54, 1.807) is 11.3 Å². The van der Waals surface area contributed by atoms with Crippen LogP contribution < -0.4 is 5.19 Å². The molecule has 0 unspecified atom stereocenters. The van der Waals surface area contributed by atoms with Gasteiger partial charge in [0, 0.05) is 31.8 Å². The highest BCUT2D eigenvalue weighted by atomic mass is 32.1. The van der Waals surface area contributed by atoms with Gasteiger partial charge in [0.25, 0.3) is 0 Å². The van der Waals surface area contributed by atoms with Gasteiger partial charge in [-0.25, -0.2) is 9.97 Å². The summed E-state index contributed by atoms with van der Waals surface area (Å²) in [5.41, 5.74) is 9.30. The van der Waals surface area contributed by atoms with Crippen LogP contribution in [0.1, 0.15) is 12.5 Å². The second kappa shape index (κ2) is 12.3. The SMILES string of the molecule is C=CC1=C(/C=C\C)c2ccc3cc4c5ccccc5n(-c5nc(-c6ccc(-c7cccc8ccccc78)cc6)c6c(n5)sc5ccccc56)c4cc3c2[Si]1(C)C. The van der Waals surface area contributed by atoms with Crippen molar-refractivity contribution < 1.29 is 0 Å². The largest absolute Gasteiger partial charge is 0.278 e. The zero-order valence-electron chi connectivity index (χ0n) is 31.5. The van der Waals surface area contributed by atoms with Gasteiger partial charge in [0.15, 0.2) is 0 Å². The van der Waals surface area contributed by atoms with Gasteiger partial charge in [0.2, 0.25) is 5.95 Å². The van der Waals surface area contributed by atoms with Crippen LogP contribution in [0, 0.1) is 0 Å². The topological polar surface area (TPSA) is 30.7 Å². The monoisotopic (exact) mass is 751 g/mol. The standard InChI is InChI=1S/C51H37N3SSi/c1-5-14-38-39-28-27-34-29-42-37-18-9-11-21-43(37)54(44(42)30-41(34)49(39)56(3,4)46(38)6-2)51-52-48(47-40-19-10-12-22-45(40)55-50(47)53-51)33-25-23-32(24-26-33)36-20-13-16-31-15-7-8-17-35(31)36/h5-30H,2H2,1,3-4H3/b14-5-. The van der Waals surface area contributed by atoms with Crippen LogP contribution in [0.4, 0.5) is 0 Å². The maximum atomic E-state index is 5.57. The van der Waals surface area contributed by atoms with Gasteiger partial charge >= 0.3 is 0 Å². The molecule has 1 aliphatic rings. The Labute approximate surface area is 330 Å². The molecule has 4 heterocycles. The van der Waals surface area contributed by atoms with Crippen LogP contribution in [0.3, 0.4) is 0 Å². The highest BCUT2D eigenvalue weighted by molar-refractivity contribution is 7.25. The third kappa shape index (κ3) is 4.68. The lowest BCUT2D eigenvalue weighted by molar-refractivity contribution is 1.02. The van der Waals surface area contributed by atoms with E-state index in [0.717, 1.165) is 32.5 Å². The lowest BCUT2D eigenvalue weighted by atomic mass is 9.96. The van der Waals surface area contributed by atoms with Crippen LogP contribution in [0.15, 0.2) is 170 Å². The number of hydrogen-bond acceptors (Lipinski definition) is 3. The fourth-order valence-electron chi connectivity index (χ4n) is 9.43. The number of para-hydroxylation sites is 1. The molecule has 0 aliphatic carbocycles. The highest BCUT2D eigenvalue weighted by Gasteiger charge is 2.39. The summed E-state index contributed by atoms with van der Waals surface area (Å²) in [5.74, 6) is 0.686. The smallest absolute Gasteiger partial charge is 0.236 e. The molecule has 5 heteroatoms. The Balaban J connectivity index is 1.18. The van der Waals surface area contributed by atoms with E-state index in [0.29, 0.717) is 5.95 Å². The van der Waals surface area contributed by atoms with Crippen molar-refractivity contribution in [3.8, 4) is 28.3 Å². The van der Waals surface area contributed by atoms with Gasteiger partial charge < -0.3 is 0 Å². The minimum absolute atomic E-state index is 0.686. The average Bonchev–Trinajstić information content (AvgIpc) is 3.84. The van der Waals surface area contributed by atoms with E-state index in [-0.39, 0.29) is 0 Å². The normalized spacial score (nSPS) is 14.1. The molecule has 0 saturated carbocycles. The number of thiophene rings is 1. The lowest BCUT2D eigenvalue weighted by Crippen LogP contribution is -2.41. The first-order valence-electron chi connectivity index (χ1n) is 19.2. The van der Waals surface area contributed by atoms with Crippen LogP contribution in [-0.4, -0.2) is 22.6 Å². The van der Waals surface area contributed by atoms with Crippen LogP contribution in [-0.2, 0) is 0 Å². The van der Waals surface area contributed by atoms with E-state index >= 15 is 0 Å². The minimum Gasteiger partial charge on any atom is -0.278 e. The summed E-state index contributed by atoms with van der Waals surface area (Å²) in [5, 5.41) is 12.6. The van der Waals surface area contributed by atoms with Crippen molar-refractivity contribution in [2.24, 2.45) is 0 Å². The van der Waals surface area contributed by atoms with E-state index in [2.05, 4.69) is 189 Å². The predicted octanol–water partition coefficient (Wildman–Crippen LogP) is 13.6. The molecule has 0 atom stereocenters. The zero-order chi connectivity index (χ0) is 37.7. The summed E-state index contributed by atoms with van der Waals surface area (Å²) >= 11 is 1.74. The van der Waals surface area contributed by atoms with Crippen LogP contribution >= 0.6 is 11.3 Å². The molecule has 7 aromatic carbocycles. The summed E-state index contributed by atoms with van der Waals surface area (Å²) in [7, 11) is -2.06. The molecule has 3 nitrogen and oxygen atoms in total. The summed E-state index contributed by atoms with van der Waals surface area (Å²) in [4.78, 5) is 12.0. The maximum absolute atomic E-state index is 5.57. The Morgan fingerprint density at radius 2 is 1.36 bits per heavy atom. The molecule has 0 bridgehead atoms. The van der Waals surface area contributed by atoms with Crippen LogP contribution in [0.5, 0.6) is 0 Å². The number of rotatable bonds is 5. The quantitative estimate of drug-likeness (QED) is 0.164. The number of fused-ring (bicyclic) bond motifs is 10. The number of nitrogens with zero attached hydrogens (tertiary/aromatic N) is 3. The van der Waals surface area contributed by atoms with E-state index in [4.69, 9.17) is 9.97 Å². The Morgan fingerprint density at radius 1 is 0.625 bits per heavy atom. The third-order valence-electron chi connectivity index (χ3n) is 11.9. The van der Waals surface area contributed by atoms with Crippen molar-refractivity contribution in [1.82, 2.24) is 14.5 Å². The van der Waals surface area contributed by atoms with E-state index in [1.165, 1.54) is 75.1 Å². The number of allylic oxidation sites excluding steroid dienone is 5. The molecule has 266 valence electrons. The van der Waals surface area contributed by atoms with Crippen molar-refractivity contribution in [3.63, 3.8) is 0 Å². The van der Waals surface area contributed by atoms with Crippen molar-refractivity contribution in [2.45, 2.75) is 20.0 Å². The molecule has 0 spiro atoms. The number of benzene rings is 7. The predicted molar refractivity (Wildman–Crippen MR) is 244 cm³/mol. The van der Waals surface area contributed by atoms with E-state index in [9.17, 15) is 0 Å². The summed E-state index contributed by atoms with van der Waals surface area (Å²) in [6, 6.07) is 50.9. The van der Waals surface area contributed by atoms with Gasteiger partial charge in [-0.1, -0.05) is 153 Å².